The second kappa shape index (κ2) is 10.8. The zero-order valence-corrected chi connectivity index (χ0v) is 15.9. The van der Waals surface area contributed by atoms with Crippen molar-refractivity contribution in [1.29, 1.82) is 0 Å². The predicted octanol–water partition coefficient (Wildman–Crippen LogP) is 4.42. The Hall–Kier alpha value is -0.120. The standard InChI is InChI=1S/C21H41N3/c1-4-10-19(11-5-1)22-16-17-24(21-14-8-3-9-15-21)18-23-20-12-6-2-7-13-20/h19-23H,1-18H2. The van der Waals surface area contributed by atoms with E-state index in [4.69, 9.17) is 0 Å². The van der Waals surface area contributed by atoms with E-state index < -0.39 is 0 Å². The smallest absolute Gasteiger partial charge is 0.0485 e. The van der Waals surface area contributed by atoms with Crippen LogP contribution in [-0.4, -0.2) is 42.8 Å². The van der Waals surface area contributed by atoms with Gasteiger partial charge in [-0.15, -0.1) is 0 Å². The summed E-state index contributed by atoms with van der Waals surface area (Å²) in [5.41, 5.74) is 0. The van der Waals surface area contributed by atoms with Crippen LogP contribution in [0.4, 0.5) is 0 Å². The summed E-state index contributed by atoms with van der Waals surface area (Å²) >= 11 is 0. The van der Waals surface area contributed by atoms with Gasteiger partial charge in [0.25, 0.3) is 0 Å². The molecule has 2 N–H and O–H groups in total. The van der Waals surface area contributed by atoms with Crippen LogP contribution in [0.2, 0.25) is 0 Å². The highest BCUT2D eigenvalue weighted by molar-refractivity contribution is 4.79. The lowest BCUT2D eigenvalue weighted by Gasteiger charge is -2.36. The lowest BCUT2D eigenvalue weighted by molar-refractivity contribution is 0.132. The summed E-state index contributed by atoms with van der Waals surface area (Å²) in [5.74, 6) is 0. The van der Waals surface area contributed by atoms with E-state index in [0.717, 1.165) is 24.8 Å². The quantitative estimate of drug-likeness (QED) is 0.643. The van der Waals surface area contributed by atoms with Gasteiger partial charge in [0.15, 0.2) is 0 Å². The SMILES string of the molecule is C1CCC(NCCN(CNC2CCCCC2)C2CCCCC2)CC1. The third-order valence-corrected chi connectivity index (χ3v) is 6.72. The van der Waals surface area contributed by atoms with Crippen LogP contribution < -0.4 is 10.6 Å². The molecule has 0 amide bonds. The molecule has 3 heteroatoms. The lowest BCUT2D eigenvalue weighted by atomic mass is 9.93. The van der Waals surface area contributed by atoms with Gasteiger partial charge in [-0.1, -0.05) is 57.8 Å². The lowest BCUT2D eigenvalue weighted by Crippen LogP contribution is -2.49. The molecule has 3 aliphatic rings. The van der Waals surface area contributed by atoms with E-state index in [1.807, 2.05) is 0 Å². The van der Waals surface area contributed by atoms with Crippen LogP contribution in [0.15, 0.2) is 0 Å². The molecule has 0 radical (unpaired) electrons. The topological polar surface area (TPSA) is 27.3 Å². The molecule has 0 unspecified atom stereocenters. The molecule has 3 nitrogen and oxygen atoms in total. The van der Waals surface area contributed by atoms with E-state index in [1.54, 1.807) is 0 Å². The molecular formula is C21H41N3. The van der Waals surface area contributed by atoms with Crippen LogP contribution >= 0.6 is 0 Å². The minimum Gasteiger partial charge on any atom is -0.313 e. The normalized spacial score (nSPS) is 25.4. The van der Waals surface area contributed by atoms with Crippen molar-refractivity contribution in [2.45, 2.75) is 114 Å². The van der Waals surface area contributed by atoms with Gasteiger partial charge < -0.3 is 10.6 Å². The Labute approximate surface area is 150 Å². The van der Waals surface area contributed by atoms with E-state index in [9.17, 15) is 0 Å². The van der Waals surface area contributed by atoms with Crippen LogP contribution in [-0.2, 0) is 0 Å². The summed E-state index contributed by atoms with van der Waals surface area (Å²) in [6.45, 7) is 3.55. The van der Waals surface area contributed by atoms with Crippen molar-refractivity contribution in [2.24, 2.45) is 0 Å². The molecule has 0 atom stereocenters. The van der Waals surface area contributed by atoms with Crippen molar-refractivity contribution >= 4 is 0 Å². The van der Waals surface area contributed by atoms with Crippen LogP contribution in [0.25, 0.3) is 0 Å². The fourth-order valence-corrected chi connectivity index (χ4v) is 5.11. The van der Waals surface area contributed by atoms with Crippen LogP contribution in [0.3, 0.4) is 0 Å². The molecule has 0 bridgehead atoms. The van der Waals surface area contributed by atoms with Gasteiger partial charge in [-0.3, -0.25) is 4.90 Å². The van der Waals surface area contributed by atoms with Crippen LogP contribution in [0, 0.1) is 0 Å². The van der Waals surface area contributed by atoms with Gasteiger partial charge in [0.05, 0.1) is 0 Å². The van der Waals surface area contributed by atoms with Crippen molar-refractivity contribution in [3.05, 3.63) is 0 Å². The molecule has 0 aromatic carbocycles. The molecule has 24 heavy (non-hydrogen) atoms. The van der Waals surface area contributed by atoms with Crippen LogP contribution in [0.5, 0.6) is 0 Å². The fourth-order valence-electron chi connectivity index (χ4n) is 5.11. The largest absolute Gasteiger partial charge is 0.313 e. The van der Waals surface area contributed by atoms with E-state index in [-0.39, 0.29) is 0 Å². The summed E-state index contributed by atoms with van der Waals surface area (Å²) in [7, 11) is 0. The summed E-state index contributed by atoms with van der Waals surface area (Å²) < 4.78 is 0. The molecule has 3 rings (SSSR count). The first kappa shape index (κ1) is 18.7. The summed E-state index contributed by atoms with van der Waals surface area (Å²) in [6, 6.07) is 2.43. The van der Waals surface area contributed by atoms with Gasteiger partial charge in [0.1, 0.15) is 0 Å². The van der Waals surface area contributed by atoms with Gasteiger partial charge >= 0.3 is 0 Å². The van der Waals surface area contributed by atoms with Crippen molar-refractivity contribution in [2.75, 3.05) is 19.8 Å². The Morgan fingerprint density at radius 1 is 0.583 bits per heavy atom. The molecule has 0 aliphatic heterocycles. The van der Waals surface area contributed by atoms with Gasteiger partial charge in [-0.25, -0.2) is 0 Å². The highest BCUT2D eigenvalue weighted by Crippen LogP contribution is 2.23. The maximum atomic E-state index is 3.91. The molecule has 140 valence electrons. The Bertz CT molecular complexity index is 315. The average Bonchev–Trinajstić information content (AvgIpc) is 2.67. The number of rotatable bonds is 8. The number of hydrogen-bond acceptors (Lipinski definition) is 3. The average molecular weight is 336 g/mol. The summed E-state index contributed by atoms with van der Waals surface area (Å²) in [5, 5.41) is 7.77. The summed E-state index contributed by atoms with van der Waals surface area (Å²) in [4.78, 5) is 2.78. The number of nitrogens with one attached hydrogen (secondary N) is 2. The van der Waals surface area contributed by atoms with Crippen molar-refractivity contribution in [1.82, 2.24) is 15.5 Å². The number of nitrogens with zero attached hydrogens (tertiary/aromatic N) is 1. The highest BCUT2D eigenvalue weighted by atomic mass is 15.3. The molecular weight excluding hydrogens is 294 g/mol. The predicted molar refractivity (Wildman–Crippen MR) is 103 cm³/mol. The van der Waals surface area contributed by atoms with E-state index in [1.165, 1.54) is 109 Å². The minimum absolute atomic E-state index is 0.788. The number of hydrogen-bond donors (Lipinski definition) is 2. The third kappa shape index (κ3) is 6.31. The molecule has 0 aromatic heterocycles. The molecule has 0 saturated heterocycles. The Morgan fingerprint density at radius 3 is 1.67 bits per heavy atom. The van der Waals surface area contributed by atoms with E-state index >= 15 is 0 Å². The molecule has 3 saturated carbocycles. The Kier molecular flexibility index (Phi) is 8.38. The zero-order chi connectivity index (χ0) is 16.5. The Balaban J connectivity index is 1.41. The molecule has 0 spiro atoms. The first-order valence-corrected chi connectivity index (χ1v) is 11.1. The maximum absolute atomic E-state index is 3.91. The molecule has 0 aromatic rings. The second-order valence-corrected chi connectivity index (χ2v) is 8.59. The van der Waals surface area contributed by atoms with E-state index in [2.05, 4.69) is 15.5 Å². The monoisotopic (exact) mass is 335 g/mol. The van der Waals surface area contributed by atoms with Crippen molar-refractivity contribution < 1.29 is 0 Å². The maximum Gasteiger partial charge on any atom is 0.0485 e. The first-order chi connectivity index (χ1) is 11.9. The van der Waals surface area contributed by atoms with Gasteiger partial charge in [0, 0.05) is 37.9 Å². The highest BCUT2D eigenvalue weighted by Gasteiger charge is 2.22. The first-order valence-electron chi connectivity index (χ1n) is 11.1. The van der Waals surface area contributed by atoms with E-state index in [0.29, 0.717) is 0 Å². The third-order valence-electron chi connectivity index (χ3n) is 6.72. The summed E-state index contributed by atoms with van der Waals surface area (Å²) in [6.07, 6.45) is 21.5. The Morgan fingerprint density at radius 2 is 1.08 bits per heavy atom. The van der Waals surface area contributed by atoms with Crippen LogP contribution in [0.1, 0.15) is 96.3 Å². The van der Waals surface area contributed by atoms with Gasteiger partial charge in [-0.2, -0.15) is 0 Å². The van der Waals surface area contributed by atoms with Crippen molar-refractivity contribution in [3.8, 4) is 0 Å². The van der Waals surface area contributed by atoms with Gasteiger partial charge in [-0.05, 0) is 38.5 Å². The molecule has 0 heterocycles. The second-order valence-electron chi connectivity index (χ2n) is 8.59. The van der Waals surface area contributed by atoms with Gasteiger partial charge in [0.2, 0.25) is 0 Å². The zero-order valence-electron chi connectivity index (χ0n) is 15.9. The fraction of sp³-hybridized carbons (Fsp3) is 1.00. The molecule has 3 fully saturated rings. The minimum atomic E-state index is 0.788. The molecule has 3 aliphatic carbocycles. The van der Waals surface area contributed by atoms with Crippen molar-refractivity contribution in [3.63, 3.8) is 0 Å².